The maximum atomic E-state index is 14.6. The van der Waals surface area contributed by atoms with Crippen molar-refractivity contribution >= 4 is 64.1 Å². The van der Waals surface area contributed by atoms with Gasteiger partial charge in [0.25, 0.3) is 0 Å². The van der Waals surface area contributed by atoms with Gasteiger partial charge in [0.15, 0.2) is 5.96 Å². The van der Waals surface area contributed by atoms with Crippen molar-refractivity contribution in [2.24, 2.45) is 27.9 Å². The number of guanidine groups is 1. The number of aromatic nitrogens is 1. The van der Waals surface area contributed by atoms with Crippen LogP contribution in [0.4, 0.5) is 0 Å². The molecule has 0 saturated carbocycles. The molecule has 1 heterocycles. The number of nitrogens with zero attached hydrogens (tertiary/aromatic N) is 3. The molecule has 1 aromatic heterocycles. The molecule has 3 atom stereocenters. The van der Waals surface area contributed by atoms with Crippen LogP contribution in [0.15, 0.2) is 65.8 Å². The number of rotatable bonds is 29. The molecule has 3 rings (SSSR count). The maximum Gasteiger partial charge on any atom is 0.245 e. The average Bonchev–Trinajstić information content (AvgIpc) is 3.68. The number of aliphatic imine (C=N–C) groups is 1. The van der Waals surface area contributed by atoms with Crippen LogP contribution in [0.25, 0.3) is 10.9 Å². The largest absolute Gasteiger partial charge is 0.370 e. The average molecular weight is 904 g/mol. The minimum Gasteiger partial charge on any atom is -0.370 e. The molecule has 0 aliphatic carbocycles. The normalized spacial score (nSPS) is 12.2. The van der Waals surface area contributed by atoms with E-state index in [1.165, 1.54) is 16.7 Å². The van der Waals surface area contributed by atoms with Crippen molar-refractivity contribution in [1.82, 2.24) is 41.4 Å². The highest BCUT2D eigenvalue weighted by atomic mass is 16.2. The lowest BCUT2D eigenvalue weighted by molar-refractivity contribution is -0.141. The van der Waals surface area contributed by atoms with Gasteiger partial charge in [-0.15, -0.1) is 0 Å². The Labute approximate surface area is 378 Å². The molecule has 0 aliphatic heterocycles. The number of hydrogen-bond donors (Lipinski definition) is 10. The van der Waals surface area contributed by atoms with Gasteiger partial charge in [0.05, 0.1) is 26.2 Å². The molecule has 65 heavy (non-hydrogen) atoms. The lowest BCUT2D eigenvalue weighted by atomic mass is 10.0. The number of benzene rings is 2. The third kappa shape index (κ3) is 19.1. The van der Waals surface area contributed by atoms with E-state index in [1.807, 2.05) is 31.2 Å². The Hall–Kier alpha value is -7.03. The summed E-state index contributed by atoms with van der Waals surface area (Å²) in [4.78, 5) is 115. The highest BCUT2D eigenvalue weighted by Crippen LogP contribution is 2.20. The number of fused-ring (bicyclic) bond motifs is 1. The van der Waals surface area contributed by atoms with Crippen molar-refractivity contribution in [1.29, 1.82) is 0 Å². The number of hydrogen-bond acceptors (Lipinski definition) is 10. The van der Waals surface area contributed by atoms with Crippen molar-refractivity contribution in [3.05, 3.63) is 71.9 Å². The summed E-state index contributed by atoms with van der Waals surface area (Å²) in [6.07, 6.45) is 4.75. The molecule has 0 bridgehead atoms. The van der Waals surface area contributed by atoms with Gasteiger partial charge in [-0.05, 0) is 55.8 Å². The third-order valence-corrected chi connectivity index (χ3v) is 10.2. The number of para-hydroxylation sites is 1. The number of H-pyrrole nitrogens is 1. The maximum absolute atomic E-state index is 14.6. The number of nitrogens with one attached hydrogen (secondary N) is 6. The second-order valence-corrected chi connectivity index (χ2v) is 15.5. The van der Waals surface area contributed by atoms with Crippen LogP contribution in [0, 0.1) is 0 Å². The van der Waals surface area contributed by atoms with Gasteiger partial charge < -0.3 is 64.3 Å². The van der Waals surface area contributed by atoms with Crippen LogP contribution in [0.1, 0.15) is 69.9 Å². The van der Waals surface area contributed by atoms with Crippen LogP contribution < -0.4 is 49.5 Å². The molecule has 3 aromatic rings. The second-order valence-electron chi connectivity index (χ2n) is 15.5. The summed E-state index contributed by atoms with van der Waals surface area (Å²) >= 11 is 0. The Balaban J connectivity index is 1.91. The van der Waals surface area contributed by atoms with E-state index < -0.39 is 91.6 Å². The van der Waals surface area contributed by atoms with Gasteiger partial charge >= 0.3 is 0 Å². The van der Waals surface area contributed by atoms with Crippen molar-refractivity contribution in [3.63, 3.8) is 0 Å². The molecule has 21 heteroatoms. The van der Waals surface area contributed by atoms with E-state index in [4.69, 9.17) is 22.9 Å². The van der Waals surface area contributed by atoms with Gasteiger partial charge in [-0.3, -0.25) is 43.3 Å². The number of primary amides is 1. The van der Waals surface area contributed by atoms with E-state index in [1.54, 1.807) is 36.5 Å². The first-order chi connectivity index (χ1) is 31.1. The van der Waals surface area contributed by atoms with Crippen molar-refractivity contribution in [2.75, 3.05) is 45.8 Å². The van der Waals surface area contributed by atoms with Crippen LogP contribution in [0.3, 0.4) is 0 Å². The Bertz CT molecular complexity index is 2090. The quantitative estimate of drug-likeness (QED) is 0.0223. The number of aromatic amines is 1. The fraction of sp³-hybridized carbons (Fsp3) is 0.477. The zero-order chi connectivity index (χ0) is 47.7. The van der Waals surface area contributed by atoms with E-state index in [2.05, 4.69) is 36.6 Å². The molecule has 0 unspecified atom stereocenters. The smallest absolute Gasteiger partial charge is 0.245 e. The minimum atomic E-state index is -1.27. The number of unbranched alkanes of at least 4 members (excludes halogenated alkanes) is 2. The van der Waals surface area contributed by atoms with Crippen LogP contribution in [0.5, 0.6) is 0 Å². The molecule has 0 fully saturated rings. The summed E-state index contributed by atoms with van der Waals surface area (Å²) in [5.74, 6) is -5.23. The van der Waals surface area contributed by atoms with Crippen molar-refractivity contribution in [3.8, 4) is 0 Å². The van der Waals surface area contributed by atoms with Crippen LogP contribution in [-0.2, 0) is 51.3 Å². The Morgan fingerprint density at radius 1 is 0.723 bits per heavy atom. The highest BCUT2D eigenvalue weighted by Gasteiger charge is 2.32. The molecule has 0 spiro atoms. The van der Waals surface area contributed by atoms with Crippen molar-refractivity contribution in [2.45, 2.75) is 89.9 Å². The van der Waals surface area contributed by atoms with E-state index in [0.29, 0.717) is 43.4 Å². The monoisotopic (exact) mass is 904 g/mol. The van der Waals surface area contributed by atoms with Crippen molar-refractivity contribution < 1.29 is 38.4 Å². The standard InChI is InChI=1S/C44H65N13O8/c1-3-4-16-34(53-29(2)58)41(63)52-25-40(62)56(21-11-10-19-45)28-39(61)54-36(22-30-13-6-5-7-14-30)42(64)55-35(18-12-20-49-44(47)48)43(65)57(27-38(60)51-24-37(46)59)26-31-23-50-33-17-9-8-15-32(31)33/h5-9,13-15,17,23,34-36,50H,3-4,10-12,16,18-22,24-28,45H2,1-2H3,(H2,46,59)(H,51,60)(H,52,63)(H,53,58)(H,54,61)(H,55,64)(H4,47,48,49)/t34-,35-,36+/m0/s1. The molecule has 0 radical (unpaired) electrons. The van der Waals surface area contributed by atoms with Gasteiger partial charge in [0.1, 0.15) is 18.1 Å². The van der Waals surface area contributed by atoms with E-state index in [0.717, 1.165) is 17.3 Å². The topological polar surface area (TPSA) is 335 Å². The Kier molecular flexibility index (Phi) is 22.5. The van der Waals surface area contributed by atoms with Crippen LogP contribution in [-0.4, -0.2) is 132 Å². The lowest BCUT2D eigenvalue weighted by Crippen LogP contribution is -2.57. The zero-order valence-corrected chi connectivity index (χ0v) is 37.2. The molecule has 21 nitrogen and oxygen atoms in total. The molecule has 0 aliphatic rings. The molecule has 14 N–H and O–H groups in total. The summed E-state index contributed by atoms with van der Waals surface area (Å²) in [7, 11) is 0. The van der Waals surface area contributed by atoms with E-state index in [-0.39, 0.29) is 44.9 Å². The van der Waals surface area contributed by atoms with Crippen LogP contribution in [0.2, 0.25) is 0 Å². The van der Waals surface area contributed by atoms with Gasteiger partial charge in [-0.2, -0.15) is 0 Å². The number of nitrogens with two attached hydrogens (primary N) is 4. The molecule has 354 valence electrons. The first-order valence-electron chi connectivity index (χ1n) is 21.7. The molecular weight excluding hydrogens is 839 g/mol. The van der Waals surface area contributed by atoms with Crippen LogP contribution >= 0.6 is 0 Å². The number of carbonyl (C=O) groups excluding carboxylic acids is 8. The fourth-order valence-corrected chi connectivity index (χ4v) is 6.88. The predicted octanol–water partition coefficient (Wildman–Crippen LogP) is -1.26. The summed E-state index contributed by atoms with van der Waals surface area (Å²) < 4.78 is 0. The van der Waals surface area contributed by atoms with E-state index in [9.17, 15) is 38.4 Å². The molecular formula is C44H65N13O8. The molecule has 2 aromatic carbocycles. The predicted molar refractivity (Wildman–Crippen MR) is 245 cm³/mol. The summed E-state index contributed by atoms with van der Waals surface area (Å²) in [6, 6.07) is 12.8. The SMILES string of the molecule is CCCC[C@H](NC(C)=O)C(=O)NCC(=O)N(CCCCN)CC(=O)N[C@H](Cc1ccccc1)C(=O)N[C@@H](CCCN=C(N)N)C(=O)N(CC(=O)NCC(N)=O)Cc1c[nH]c2ccccc12. The van der Waals surface area contributed by atoms with Gasteiger partial charge in [0, 0.05) is 50.1 Å². The highest BCUT2D eigenvalue weighted by molar-refractivity contribution is 5.96. The third-order valence-electron chi connectivity index (χ3n) is 10.2. The Morgan fingerprint density at radius 3 is 2.09 bits per heavy atom. The summed E-state index contributed by atoms with van der Waals surface area (Å²) in [5, 5.41) is 13.9. The molecule has 8 amide bonds. The fourth-order valence-electron chi connectivity index (χ4n) is 6.88. The number of amides is 8. The first kappa shape index (κ1) is 52.3. The first-order valence-corrected chi connectivity index (χ1v) is 21.7. The lowest BCUT2D eigenvalue weighted by Gasteiger charge is -2.29. The molecule has 0 saturated heterocycles. The van der Waals surface area contributed by atoms with E-state index >= 15 is 0 Å². The summed E-state index contributed by atoms with van der Waals surface area (Å²) in [6.45, 7) is 1.83. The van der Waals surface area contributed by atoms with Gasteiger partial charge in [-0.1, -0.05) is 68.3 Å². The Morgan fingerprint density at radius 2 is 1.42 bits per heavy atom. The second kappa shape index (κ2) is 27.9. The summed E-state index contributed by atoms with van der Waals surface area (Å²) in [5.41, 5.74) is 24.2. The number of carbonyl (C=O) groups is 8. The van der Waals surface area contributed by atoms with Gasteiger partial charge in [-0.25, -0.2) is 0 Å². The zero-order valence-electron chi connectivity index (χ0n) is 37.2. The minimum absolute atomic E-state index is 0.0109. The van der Waals surface area contributed by atoms with Gasteiger partial charge in [0.2, 0.25) is 47.3 Å².